The summed E-state index contributed by atoms with van der Waals surface area (Å²) >= 11 is 0. The summed E-state index contributed by atoms with van der Waals surface area (Å²) in [6.07, 6.45) is 1.68. The van der Waals surface area contributed by atoms with Gasteiger partial charge in [-0.25, -0.2) is 0 Å². The number of carbonyl (C=O) groups excluding carboxylic acids is 1. The molecule has 2 N–H and O–H groups in total. The number of ether oxygens (including phenoxy) is 2. The second-order valence-electron chi connectivity index (χ2n) is 5.29. The highest BCUT2D eigenvalue weighted by atomic mass is 16.6. The van der Waals surface area contributed by atoms with E-state index < -0.39 is 5.60 Å². The molecule has 21 heavy (non-hydrogen) atoms. The van der Waals surface area contributed by atoms with Gasteiger partial charge in [0.2, 0.25) is 0 Å². The van der Waals surface area contributed by atoms with Crippen molar-refractivity contribution < 1.29 is 19.4 Å². The molecule has 0 spiro atoms. The Morgan fingerprint density at radius 2 is 2.19 bits per heavy atom. The van der Waals surface area contributed by atoms with E-state index in [1.54, 1.807) is 0 Å². The number of carbonyl (C=O) groups is 1. The quantitative estimate of drug-likeness (QED) is 0.791. The van der Waals surface area contributed by atoms with E-state index in [0.29, 0.717) is 25.3 Å². The normalized spacial score (nSPS) is 21.4. The Morgan fingerprint density at radius 3 is 2.76 bits per heavy atom. The highest BCUT2D eigenvalue weighted by molar-refractivity contribution is 5.94. The second kappa shape index (κ2) is 7.54. The lowest BCUT2D eigenvalue weighted by molar-refractivity contribution is -0.0582. The van der Waals surface area contributed by atoms with E-state index in [9.17, 15) is 4.79 Å². The Kier molecular flexibility index (Phi) is 5.73. The molecule has 1 aliphatic rings. The van der Waals surface area contributed by atoms with Gasteiger partial charge >= 0.3 is 0 Å². The molecular weight excluding hydrogens is 270 g/mol. The average molecular weight is 293 g/mol. The van der Waals surface area contributed by atoms with Gasteiger partial charge in [0.25, 0.3) is 5.91 Å². The van der Waals surface area contributed by atoms with E-state index in [1.165, 1.54) is 5.56 Å². The fourth-order valence-electron chi connectivity index (χ4n) is 2.39. The Labute approximate surface area is 125 Å². The molecule has 5 heteroatoms. The molecule has 0 aromatic heterocycles. The standard InChI is InChI=1S/C16H23NO4/c1-2-13-3-5-14(6-4-13)15(19)17-11-16(21-10-8-18)7-9-20-12-16/h3-6,18H,2,7-12H2,1H3,(H,17,19). The molecule has 0 radical (unpaired) electrons. The van der Waals surface area contributed by atoms with Crippen LogP contribution in [0, 0.1) is 0 Å². The van der Waals surface area contributed by atoms with Crippen LogP contribution in [0.5, 0.6) is 0 Å². The first-order chi connectivity index (χ1) is 10.2. The van der Waals surface area contributed by atoms with Crippen LogP contribution in [0.2, 0.25) is 0 Å². The maximum atomic E-state index is 12.2. The van der Waals surface area contributed by atoms with Crippen LogP contribution in [0.15, 0.2) is 24.3 Å². The summed E-state index contributed by atoms with van der Waals surface area (Å²) in [6.45, 7) is 3.76. The van der Waals surface area contributed by atoms with Crippen LogP contribution in [0.25, 0.3) is 0 Å². The van der Waals surface area contributed by atoms with Gasteiger partial charge in [0.15, 0.2) is 0 Å². The Balaban J connectivity index is 1.91. The molecule has 116 valence electrons. The van der Waals surface area contributed by atoms with Gasteiger partial charge in [0.1, 0.15) is 5.60 Å². The minimum Gasteiger partial charge on any atom is -0.394 e. The first-order valence-electron chi connectivity index (χ1n) is 7.39. The zero-order chi connectivity index (χ0) is 15.1. The van der Waals surface area contributed by atoms with Crippen LogP contribution in [-0.4, -0.2) is 49.6 Å². The van der Waals surface area contributed by atoms with Gasteiger partial charge in [-0.1, -0.05) is 19.1 Å². The number of aliphatic hydroxyl groups excluding tert-OH is 1. The van der Waals surface area contributed by atoms with Crippen LogP contribution < -0.4 is 5.32 Å². The SMILES string of the molecule is CCc1ccc(C(=O)NCC2(OCCO)CCOC2)cc1. The van der Waals surface area contributed by atoms with Gasteiger partial charge in [0, 0.05) is 25.1 Å². The van der Waals surface area contributed by atoms with Gasteiger partial charge in [-0.15, -0.1) is 0 Å². The van der Waals surface area contributed by atoms with E-state index in [1.807, 2.05) is 24.3 Å². The molecule has 1 saturated heterocycles. The topological polar surface area (TPSA) is 67.8 Å². The Morgan fingerprint density at radius 1 is 1.43 bits per heavy atom. The summed E-state index contributed by atoms with van der Waals surface area (Å²) in [4.78, 5) is 12.2. The van der Waals surface area contributed by atoms with Crippen molar-refractivity contribution in [2.45, 2.75) is 25.4 Å². The van der Waals surface area contributed by atoms with Crippen molar-refractivity contribution in [2.24, 2.45) is 0 Å². The number of aryl methyl sites for hydroxylation is 1. The first-order valence-corrected chi connectivity index (χ1v) is 7.39. The summed E-state index contributed by atoms with van der Waals surface area (Å²) in [6, 6.07) is 7.60. The molecule has 1 aromatic rings. The van der Waals surface area contributed by atoms with Gasteiger partial charge in [-0.05, 0) is 24.1 Å². The largest absolute Gasteiger partial charge is 0.394 e. The molecule has 0 aliphatic carbocycles. The third-order valence-corrected chi connectivity index (χ3v) is 3.76. The number of hydrogen-bond donors (Lipinski definition) is 2. The van der Waals surface area contributed by atoms with Crippen molar-refractivity contribution in [3.05, 3.63) is 35.4 Å². The maximum Gasteiger partial charge on any atom is 0.251 e. The maximum absolute atomic E-state index is 12.2. The number of aliphatic hydroxyl groups is 1. The molecule has 0 saturated carbocycles. The number of nitrogens with one attached hydrogen (secondary N) is 1. The summed E-state index contributed by atoms with van der Waals surface area (Å²) < 4.78 is 11.0. The van der Waals surface area contributed by atoms with Crippen LogP contribution in [0.1, 0.15) is 29.3 Å². The van der Waals surface area contributed by atoms with Gasteiger partial charge in [-0.2, -0.15) is 0 Å². The van der Waals surface area contributed by atoms with Crippen molar-refractivity contribution in [1.82, 2.24) is 5.32 Å². The lowest BCUT2D eigenvalue weighted by Gasteiger charge is -2.27. The smallest absolute Gasteiger partial charge is 0.251 e. The molecule has 2 rings (SSSR count). The van der Waals surface area contributed by atoms with Gasteiger partial charge < -0.3 is 19.9 Å². The number of hydrogen-bond acceptors (Lipinski definition) is 4. The predicted octanol–water partition coefficient (Wildman–Crippen LogP) is 1.15. The highest BCUT2D eigenvalue weighted by Crippen LogP contribution is 2.22. The van der Waals surface area contributed by atoms with Crippen LogP contribution in [-0.2, 0) is 15.9 Å². The molecule has 1 heterocycles. The van der Waals surface area contributed by atoms with Crippen molar-refractivity contribution >= 4 is 5.91 Å². The van der Waals surface area contributed by atoms with Crippen LogP contribution in [0.4, 0.5) is 0 Å². The van der Waals surface area contributed by atoms with Gasteiger partial charge in [0.05, 0.1) is 19.8 Å². The molecule has 5 nitrogen and oxygen atoms in total. The minimum atomic E-state index is -0.512. The lowest BCUT2D eigenvalue weighted by atomic mass is 10.0. The summed E-state index contributed by atoms with van der Waals surface area (Å²) in [5, 5.41) is 11.8. The highest BCUT2D eigenvalue weighted by Gasteiger charge is 2.36. The number of benzene rings is 1. The zero-order valence-corrected chi connectivity index (χ0v) is 12.4. The molecule has 1 unspecified atom stereocenters. The fraction of sp³-hybridized carbons (Fsp3) is 0.562. The monoisotopic (exact) mass is 293 g/mol. The molecule has 1 aromatic carbocycles. The molecule has 0 bridgehead atoms. The van der Waals surface area contributed by atoms with E-state index in [4.69, 9.17) is 14.6 Å². The minimum absolute atomic E-state index is 0.0336. The number of rotatable bonds is 7. The molecular formula is C16H23NO4. The molecule has 1 atom stereocenters. The Hall–Kier alpha value is -1.43. The van der Waals surface area contributed by atoms with Crippen molar-refractivity contribution in [1.29, 1.82) is 0 Å². The molecule has 1 amide bonds. The van der Waals surface area contributed by atoms with Crippen LogP contribution >= 0.6 is 0 Å². The summed E-state index contributed by atoms with van der Waals surface area (Å²) in [7, 11) is 0. The van der Waals surface area contributed by atoms with E-state index in [2.05, 4.69) is 12.2 Å². The van der Waals surface area contributed by atoms with Crippen molar-refractivity contribution in [3.63, 3.8) is 0 Å². The predicted molar refractivity (Wildman–Crippen MR) is 79.4 cm³/mol. The zero-order valence-electron chi connectivity index (χ0n) is 12.4. The third kappa shape index (κ3) is 4.27. The van der Waals surface area contributed by atoms with Gasteiger partial charge in [-0.3, -0.25) is 4.79 Å². The van der Waals surface area contributed by atoms with E-state index in [0.717, 1.165) is 12.8 Å². The van der Waals surface area contributed by atoms with Crippen LogP contribution in [0.3, 0.4) is 0 Å². The Bertz CT molecular complexity index is 452. The van der Waals surface area contributed by atoms with E-state index in [-0.39, 0.29) is 19.1 Å². The molecule has 1 fully saturated rings. The first kappa shape index (κ1) is 15.9. The average Bonchev–Trinajstić information content (AvgIpc) is 3.00. The lowest BCUT2D eigenvalue weighted by Crippen LogP contribution is -2.46. The summed E-state index contributed by atoms with van der Waals surface area (Å²) in [5.74, 6) is -0.114. The molecule has 1 aliphatic heterocycles. The van der Waals surface area contributed by atoms with E-state index >= 15 is 0 Å². The fourth-order valence-corrected chi connectivity index (χ4v) is 2.39. The van der Waals surface area contributed by atoms with Crippen molar-refractivity contribution in [3.8, 4) is 0 Å². The third-order valence-electron chi connectivity index (χ3n) is 3.76. The summed E-state index contributed by atoms with van der Waals surface area (Å²) in [5.41, 5.74) is 1.34. The number of amides is 1. The second-order valence-corrected chi connectivity index (χ2v) is 5.29. The van der Waals surface area contributed by atoms with Crippen molar-refractivity contribution in [2.75, 3.05) is 33.0 Å².